The molecule has 0 bridgehead atoms. The summed E-state index contributed by atoms with van der Waals surface area (Å²) in [4.78, 5) is 12.6. The van der Waals surface area contributed by atoms with E-state index in [4.69, 9.17) is 4.74 Å². The molecule has 1 aromatic carbocycles. The normalized spacial score (nSPS) is 15.5. The fourth-order valence-electron chi connectivity index (χ4n) is 3.13. The summed E-state index contributed by atoms with van der Waals surface area (Å²) in [7, 11) is 3.24. The molecule has 2 aromatic rings. The number of hydrogen-bond acceptors (Lipinski definition) is 6. The second-order valence-corrected chi connectivity index (χ2v) is 5.79. The van der Waals surface area contributed by atoms with Crippen molar-refractivity contribution in [1.82, 2.24) is 14.8 Å². The standard InChI is InChI=1S/C15H18FN5O3/c1-19-9-17-18-15(19)10-3-5-20(6-4-10)12-8-14(24-2)11(16)7-13(12)21(22)23/h7-10H,3-6H2,1-2H3. The minimum atomic E-state index is -0.734. The van der Waals surface area contributed by atoms with Crippen LogP contribution in [-0.2, 0) is 7.05 Å². The fraction of sp³-hybridized carbons (Fsp3) is 0.467. The van der Waals surface area contributed by atoms with Gasteiger partial charge in [0.05, 0.1) is 18.1 Å². The first-order valence-corrected chi connectivity index (χ1v) is 7.62. The van der Waals surface area contributed by atoms with Crippen LogP contribution in [-0.4, -0.2) is 39.9 Å². The van der Waals surface area contributed by atoms with Gasteiger partial charge in [-0.2, -0.15) is 0 Å². The lowest BCUT2D eigenvalue weighted by Gasteiger charge is -2.32. The first-order valence-electron chi connectivity index (χ1n) is 7.62. The van der Waals surface area contributed by atoms with E-state index in [1.807, 2.05) is 16.5 Å². The van der Waals surface area contributed by atoms with Crippen molar-refractivity contribution in [3.8, 4) is 5.75 Å². The molecule has 0 amide bonds. The van der Waals surface area contributed by atoms with Crippen LogP contribution in [0.25, 0.3) is 0 Å². The van der Waals surface area contributed by atoms with Crippen LogP contribution in [0.3, 0.4) is 0 Å². The van der Waals surface area contributed by atoms with E-state index >= 15 is 0 Å². The maximum absolute atomic E-state index is 13.8. The smallest absolute Gasteiger partial charge is 0.295 e. The van der Waals surface area contributed by atoms with Crippen LogP contribution in [0.15, 0.2) is 18.5 Å². The van der Waals surface area contributed by atoms with E-state index in [1.165, 1.54) is 13.2 Å². The summed E-state index contributed by atoms with van der Waals surface area (Å²) in [5.41, 5.74) is 0.139. The Morgan fingerprint density at radius 2 is 2.08 bits per heavy atom. The molecule has 1 fully saturated rings. The molecule has 1 aliphatic rings. The molecular weight excluding hydrogens is 317 g/mol. The first kappa shape index (κ1) is 16.2. The zero-order valence-corrected chi connectivity index (χ0v) is 13.5. The van der Waals surface area contributed by atoms with Crippen molar-refractivity contribution in [3.05, 3.63) is 40.2 Å². The van der Waals surface area contributed by atoms with Crippen molar-refractivity contribution in [2.45, 2.75) is 18.8 Å². The molecule has 2 heterocycles. The van der Waals surface area contributed by atoms with Crippen molar-refractivity contribution in [1.29, 1.82) is 0 Å². The van der Waals surface area contributed by atoms with Gasteiger partial charge in [-0.05, 0) is 12.8 Å². The Kier molecular flexibility index (Phi) is 4.32. The number of methoxy groups -OCH3 is 1. The third kappa shape index (κ3) is 2.89. The minimum absolute atomic E-state index is 0.00558. The van der Waals surface area contributed by atoms with E-state index in [9.17, 15) is 14.5 Å². The molecule has 0 atom stereocenters. The molecule has 1 aromatic heterocycles. The van der Waals surface area contributed by atoms with Crippen LogP contribution >= 0.6 is 0 Å². The number of aryl methyl sites for hydroxylation is 1. The monoisotopic (exact) mass is 335 g/mol. The third-order valence-electron chi connectivity index (χ3n) is 4.39. The van der Waals surface area contributed by atoms with E-state index in [-0.39, 0.29) is 17.4 Å². The van der Waals surface area contributed by atoms with Gasteiger partial charge in [0.25, 0.3) is 5.69 Å². The molecule has 1 aliphatic heterocycles. The van der Waals surface area contributed by atoms with Gasteiger partial charge in [-0.25, -0.2) is 4.39 Å². The summed E-state index contributed by atoms with van der Waals surface area (Å²) < 4.78 is 20.6. The SMILES string of the molecule is COc1cc(N2CCC(c3nncn3C)CC2)c([N+](=O)[O-])cc1F. The topological polar surface area (TPSA) is 86.3 Å². The average molecular weight is 335 g/mol. The fourth-order valence-corrected chi connectivity index (χ4v) is 3.13. The first-order chi connectivity index (χ1) is 11.5. The zero-order chi connectivity index (χ0) is 17.3. The number of ether oxygens (including phenoxy) is 1. The Morgan fingerprint density at radius 1 is 1.38 bits per heavy atom. The van der Waals surface area contributed by atoms with E-state index in [0.29, 0.717) is 18.8 Å². The summed E-state index contributed by atoms with van der Waals surface area (Å²) >= 11 is 0. The molecule has 0 unspecified atom stereocenters. The van der Waals surface area contributed by atoms with E-state index in [0.717, 1.165) is 24.7 Å². The van der Waals surface area contributed by atoms with Gasteiger partial charge in [0.15, 0.2) is 11.6 Å². The van der Waals surface area contributed by atoms with E-state index in [1.54, 1.807) is 6.33 Å². The van der Waals surface area contributed by atoms with Crippen molar-refractivity contribution in [3.63, 3.8) is 0 Å². The highest BCUT2D eigenvalue weighted by Gasteiger charge is 2.29. The van der Waals surface area contributed by atoms with E-state index < -0.39 is 10.7 Å². The highest BCUT2D eigenvalue weighted by Crippen LogP contribution is 2.37. The maximum Gasteiger partial charge on any atom is 0.295 e. The number of piperidine rings is 1. The van der Waals surface area contributed by atoms with Gasteiger partial charge in [-0.15, -0.1) is 10.2 Å². The van der Waals surface area contributed by atoms with Gasteiger partial charge >= 0.3 is 0 Å². The molecule has 9 heteroatoms. The number of nitrogens with zero attached hydrogens (tertiary/aromatic N) is 5. The summed E-state index contributed by atoms with van der Waals surface area (Å²) in [6, 6.07) is 2.32. The van der Waals surface area contributed by atoms with Crippen LogP contribution in [0.2, 0.25) is 0 Å². The largest absolute Gasteiger partial charge is 0.494 e. The highest BCUT2D eigenvalue weighted by molar-refractivity contribution is 5.66. The second kappa shape index (κ2) is 6.42. The summed E-state index contributed by atoms with van der Waals surface area (Å²) in [6.45, 7) is 1.24. The maximum atomic E-state index is 13.8. The number of hydrogen-bond donors (Lipinski definition) is 0. The van der Waals surface area contributed by atoms with Crippen LogP contribution in [0.5, 0.6) is 5.75 Å². The molecule has 24 heavy (non-hydrogen) atoms. The van der Waals surface area contributed by atoms with Crippen LogP contribution in [0.1, 0.15) is 24.6 Å². The van der Waals surface area contributed by atoms with E-state index in [2.05, 4.69) is 10.2 Å². The lowest BCUT2D eigenvalue weighted by molar-refractivity contribution is -0.384. The van der Waals surface area contributed by atoms with Crippen LogP contribution in [0, 0.1) is 15.9 Å². The predicted molar refractivity (Wildman–Crippen MR) is 84.8 cm³/mol. The lowest BCUT2D eigenvalue weighted by atomic mass is 9.95. The average Bonchev–Trinajstić information content (AvgIpc) is 3.00. The molecule has 0 radical (unpaired) electrons. The van der Waals surface area contributed by atoms with Gasteiger partial charge < -0.3 is 14.2 Å². The molecule has 0 aliphatic carbocycles. The van der Waals surface area contributed by atoms with Crippen molar-refractivity contribution < 1.29 is 14.1 Å². The molecule has 1 saturated heterocycles. The molecular formula is C15H18FN5O3. The molecule has 0 saturated carbocycles. The summed E-state index contributed by atoms with van der Waals surface area (Å²) in [5.74, 6) is 0.448. The number of aromatic nitrogens is 3. The highest BCUT2D eigenvalue weighted by atomic mass is 19.1. The molecule has 128 valence electrons. The molecule has 0 spiro atoms. The number of anilines is 1. The van der Waals surface area contributed by atoms with Crippen molar-refractivity contribution >= 4 is 11.4 Å². The Labute approximate surface area is 138 Å². The Morgan fingerprint density at radius 3 is 2.62 bits per heavy atom. The second-order valence-electron chi connectivity index (χ2n) is 5.79. The molecule has 0 N–H and O–H groups in total. The molecule has 3 rings (SSSR count). The Bertz CT molecular complexity index is 756. The molecule has 8 nitrogen and oxygen atoms in total. The van der Waals surface area contributed by atoms with Gasteiger partial charge in [0.2, 0.25) is 0 Å². The van der Waals surface area contributed by atoms with Crippen molar-refractivity contribution in [2.75, 3.05) is 25.1 Å². The Balaban J connectivity index is 1.83. The van der Waals surface area contributed by atoms with Gasteiger partial charge in [0, 0.05) is 32.1 Å². The minimum Gasteiger partial charge on any atom is -0.494 e. The summed E-state index contributed by atoms with van der Waals surface area (Å²) in [5, 5.41) is 19.3. The van der Waals surface area contributed by atoms with Gasteiger partial charge in [-0.1, -0.05) is 0 Å². The zero-order valence-electron chi connectivity index (χ0n) is 13.5. The van der Waals surface area contributed by atoms with Crippen LogP contribution in [0.4, 0.5) is 15.8 Å². The van der Waals surface area contributed by atoms with Gasteiger partial charge in [0.1, 0.15) is 17.8 Å². The number of nitro groups is 1. The number of halogens is 1. The van der Waals surface area contributed by atoms with Crippen LogP contribution < -0.4 is 9.64 Å². The number of benzene rings is 1. The Hall–Kier alpha value is -2.71. The third-order valence-corrected chi connectivity index (χ3v) is 4.39. The number of rotatable bonds is 4. The number of nitro benzene ring substituents is 1. The summed E-state index contributed by atoms with van der Waals surface area (Å²) in [6.07, 6.45) is 3.25. The lowest BCUT2D eigenvalue weighted by Crippen LogP contribution is -2.34. The van der Waals surface area contributed by atoms with Crippen molar-refractivity contribution in [2.24, 2.45) is 7.05 Å². The predicted octanol–water partition coefficient (Wildman–Crippen LogP) is 2.25. The quantitative estimate of drug-likeness (QED) is 0.629. The van der Waals surface area contributed by atoms with Gasteiger partial charge in [-0.3, -0.25) is 10.1 Å².